The Labute approximate surface area is 212 Å². The number of hydrogen-bond acceptors (Lipinski definition) is 2. The van der Waals surface area contributed by atoms with E-state index in [0.29, 0.717) is 0 Å². The summed E-state index contributed by atoms with van der Waals surface area (Å²) in [6.07, 6.45) is 26.2. The molecule has 0 fully saturated rings. The molecule has 0 spiro atoms. The Morgan fingerprint density at radius 3 is 2.09 bits per heavy atom. The molecule has 1 heterocycles. The van der Waals surface area contributed by atoms with Crippen molar-refractivity contribution in [1.82, 2.24) is 5.32 Å². The number of rotatable bonds is 11. The topological polar surface area (TPSA) is 24.4 Å². The first-order valence-electron chi connectivity index (χ1n) is 12.0. The van der Waals surface area contributed by atoms with Crippen LogP contribution in [0.2, 0.25) is 0 Å². The number of allylic oxidation sites excluding steroid dienone is 13. The number of benzene rings is 1. The maximum Gasteiger partial charge on any atom is 0.0902 e. The highest BCUT2D eigenvalue weighted by molar-refractivity contribution is 5.80. The van der Waals surface area contributed by atoms with Crippen molar-refractivity contribution in [2.75, 3.05) is 0 Å². The van der Waals surface area contributed by atoms with Gasteiger partial charge in [-0.1, -0.05) is 111 Å². The van der Waals surface area contributed by atoms with Crippen LogP contribution in [0.1, 0.15) is 33.3 Å². The Morgan fingerprint density at radius 2 is 1.57 bits per heavy atom. The molecule has 0 aromatic heterocycles. The van der Waals surface area contributed by atoms with Gasteiger partial charge in [-0.25, -0.2) is 0 Å². The van der Waals surface area contributed by atoms with Crippen LogP contribution in [0.25, 0.3) is 5.57 Å². The molecule has 1 aromatic rings. The Bertz CT molecular complexity index is 1130. The molecule has 0 radical (unpaired) electrons. The number of nitrogens with one attached hydrogen (secondary N) is 1. The van der Waals surface area contributed by atoms with E-state index in [0.717, 1.165) is 33.4 Å². The fraction of sp³-hybridized carbons (Fsp3) is 0.182. The third-order valence-electron chi connectivity index (χ3n) is 5.90. The number of aliphatic imine (C=N–C) groups is 1. The van der Waals surface area contributed by atoms with E-state index in [1.807, 2.05) is 63.4 Å². The highest BCUT2D eigenvalue weighted by Crippen LogP contribution is 2.43. The normalized spacial score (nSPS) is 20.5. The van der Waals surface area contributed by atoms with Crippen molar-refractivity contribution in [2.45, 2.75) is 33.2 Å². The van der Waals surface area contributed by atoms with Crippen molar-refractivity contribution in [3.8, 4) is 0 Å². The molecule has 0 saturated carbocycles. The molecule has 0 bridgehead atoms. The van der Waals surface area contributed by atoms with Gasteiger partial charge in [-0.15, -0.1) is 0 Å². The zero-order chi connectivity index (χ0) is 25.7. The number of nitrogens with zero attached hydrogens (tertiary/aromatic N) is 1. The van der Waals surface area contributed by atoms with Crippen molar-refractivity contribution in [3.63, 3.8) is 0 Å². The fourth-order valence-electron chi connectivity index (χ4n) is 4.45. The van der Waals surface area contributed by atoms with Gasteiger partial charge < -0.3 is 5.32 Å². The number of hydrogen-bond donors (Lipinski definition) is 1. The second-order valence-electron chi connectivity index (χ2n) is 8.29. The van der Waals surface area contributed by atoms with Gasteiger partial charge in [0, 0.05) is 12.1 Å². The van der Waals surface area contributed by atoms with Crippen LogP contribution in [0.15, 0.2) is 150 Å². The summed E-state index contributed by atoms with van der Waals surface area (Å²) in [6, 6.07) is 10.4. The van der Waals surface area contributed by atoms with Crippen LogP contribution in [-0.2, 0) is 0 Å². The van der Waals surface area contributed by atoms with Crippen LogP contribution in [0.3, 0.4) is 0 Å². The zero-order valence-corrected chi connectivity index (χ0v) is 21.5. The van der Waals surface area contributed by atoms with E-state index >= 15 is 0 Å². The highest BCUT2D eigenvalue weighted by Gasteiger charge is 2.38. The molecule has 2 rings (SSSR count). The lowest BCUT2D eigenvalue weighted by Crippen LogP contribution is -2.37. The zero-order valence-electron chi connectivity index (χ0n) is 21.5. The smallest absolute Gasteiger partial charge is 0.0902 e. The molecule has 0 amide bonds. The van der Waals surface area contributed by atoms with Gasteiger partial charge in [0.05, 0.1) is 11.9 Å². The SMILES string of the molecule is C=C/C=C(\C=C/C)C(/C=C)=C(/C=C\C)C(C(/C=C\C)=C(/C=C)c1ccccc1)C1(C)C=CNC=N1. The van der Waals surface area contributed by atoms with E-state index in [-0.39, 0.29) is 5.92 Å². The molecular weight excluding hydrogens is 424 g/mol. The minimum atomic E-state index is -0.554. The largest absolute Gasteiger partial charge is 0.353 e. The first kappa shape index (κ1) is 27.3. The van der Waals surface area contributed by atoms with Crippen molar-refractivity contribution >= 4 is 11.9 Å². The molecule has 0 aliphatic carbocycles. The monoisotopic (exact) mass is 462 g/mol. The van der Waals surface area contributed by atoms with Crippen LogP contribution < -0.4 is 5.32 Å². The highest BCUT2D eigenvalue weighted by atomic mass is 15.0. The van der Waals surface area contributed by atoms with Crippen molar-refractivity contribution < 1.29 is 0 Å². The summed E-state index contributed by atoms with van der Waals surface area (Å²) in [4.78, 5) is 4.96. The Hall–Kier alpha value is -3.91. The maximum atomic E-state index is 4.96. The standard InChI is InChI=1S/C33H38N2/c1-8-17-26(18-9-2)28(12-5)30(19-10-3)32(33(7)23-24-34-25-35-33)31(20-11-4)29(13-6)27-21-15-14-16-22-27/h8-25,32H,1,5-6H2,2-4,7H3,(H,34,35)/b18-9-,19-10-,20-11-,26-17+,30-28-,31-29-. The molecule has 35 heavy (non-hydrogen) atoms. The Kier molecular flexibility index (Phi) is 10.7. The summed E-state index contributed by atoms with van der Waals surface area (Å²) in [5, 5.41) is 3.10. The molecule has 2 unspecified atom stereocenters. The molecule has 2 heteroatoms. The minimum Gasteiger partial charge on any atom is -0.353 e. The lowest BCUT2D eigenvalue weighted by atomic mass is 9.70. The van der Waals surface area contributed by atoms with E-state index in [4.69, 9.17) is 4.99 Å². The van der Waals surface area contributed by atoms with E-state index in [9.17, 15) is 0 Å². The molecule has 1 aliphatic rings. The summed E-state index contributed by atoms with van der Waals surface area (Å²) >= 11 is 0. The van der Waals surface area contributed by atoms with Crippen molar-refractivity contribution in [1.29, 1.82) is 0 Å². The quantitative estimate of drug-likeness (QED) is 0.328. The Balaban J connectivity index is 3.12. The van der Waals surface area contributed by atoms with Gasteiger partial charge in [0.1, 0.15) is 0 Å². The van der Waals surface area contributed by atoms with Gasteiger partial charge in [0.15, 0.2) is 0 Å². The van der Waals surface area contributed by atoms with Crippen LogP contribution in [0.5, 0.6) is 0 Å². The molecule has 1 aromatic carbocycles. The lowest BCUT2D eigenvalue weighted by Gasteiger charge is -2.37. The molecule has 2 nitrogen and oxygen atoms in total. The molecule has 2 atom stereocenters. The first-order chi connectivity index (χ1) is 17.0. The predicted octanol–water partition coefficient (Wildman–Crippen LogP) is 8.47. The molecule has 1 N–H and O–H groups in total. The third-order valence-corrected chi connectivity index (χ3v) is 5.90. The van der Waals surface area contributed by atoms with Gasteiger partial charge in [0.2, 0.25) is 0 Å². The predicted molar refractivity (Wildman–Crippen MR) is 156 cm³/mol. The van der Waals surface area contributed by atoms with Crippen molar-refractivity contribution in [2.24, 2.45) is 10.9 Å². The lowest BCUT2D eigenvalue weighted by molar-refractivity contribution is 0.470. The summed E-state index contributed by atoms with van der Waals surface area (Å²) in [7, 11) is 0. The molecule has 1 aliphatic heterocycles. The van der Waals surface area contributed by atoms with Gasteiger partial charge in [-0.3, -0.25) is 4.99 Å². The minimum absolute atomic E-state index is 0.135. The summed E-state index contributed by atoms with van der Waals surface area (Å²) in [6.45, 7) is 20.6. The van der Waals surface area contributed by atoms with Gasteiger partial charge in [-0.2, -0.15) is 0 Å². The second kappa shape index (κ2) is 13.7. The second-order valence-corrected chi connectivity index (χ2v) is 8.29. The molecular formula is C33H38N2. The van der Waals surface area contributed by atoms with E-state index < -0.39 is 5.54 Å². The van der Waals surface area contributed by atoms with Gasteiger partial charge in [-0.05, 0) is 67.2 Å². The average Bonchev–Trinajstić information content (AvgIpc) is 2.86. The summed E-state index contributed by atoms with van der Waals surface area (Å²) < 4.78 is 0. The summed E-state index contributed by atoms with van der Waals surface area (Å²) in [5.74, 6) is -0.135. The van der Waals surface area contributed by atoms with Gasteiger partial charge >= 0.3 is 0 Å². The van der Waals surface area contributed by atoms with E-state index in [1.165, 1.54) is 0 Å². The summed E-state index contributed by atoms with van der Waals surface area (Å²) in [5.41, 5.74) is 5.95. The average molecular weight is 463 g/mol. The van der Waals surface area contributed by atoms with E-state index in [2.05, 4.69) is 92.7 Å². The third kappa shape index (κ3) is 6.58. The fourth-order valence-corrected chi connectivity index (χ4v) is 4.45. The van der Waals surface area contributed by atoms with Crippen LogP contribution in [0.4, 0.5) is 0 Å². The maximum absolute atomic E-state index is 4.96. The van der Waals surface area contributed by atoms with E-state index in [1.54, 1.807) is 6.34 Å². The van der Waals surface area contributed by atoms with Crippen LogP contribution in [0, 0.1) is 5.92 Å². The van der Waals surface area contributed by atoms with Crippen LogP contribution in [-0.4, -0.2) is 11.9 Å². The first-order valence-corrected chi connectivity index (χ1v) is 12.0. The molecule has 180 valence electrons. The van der Waals surface area contributed by atoms with Gasteiger partial charge in [0.25, 0.3) is 0 Å². The Morgan fingerprint density at radius 1 is 0.914 bits per heavy atom. The van der Waals surface area contributed by atoms with Crippen molar-refractivity contribution in [3.05, 3.63) is 151 Å². The molecule has 0 saturated heterocycles. The van der Waals surface area contributed by atoms with Crippen LogP contribution >= 0.6 is 0 Å².